The van der Waals surface area contributed by atoms with E-state index in [9.17, 15) is 4.79 Å². The predicted molar refractivity (Wildman–Crippen MR) is 72.1 cm³/mol. The molecule has 0 atom stereocenters. The van der Waals surface area contributed by atoms with Crippen LogP contribution >= 0.6 is 0 Å². The van der Waals surface area contributed by atoms with Gasteiger partial charge in [0, 0.05) is 11.6 Å². The van der Waals surface area contributed by atoms with Gasteiger partial charge in [-0.05, 0) is 13.0 Å². The number of aryl methyl sites for hydroxylation is 1. The molecule has 3 aromatic rings. The molecule has 0 aliphatic carbocycles. The van der Waals surface area contributed by atoms with Crippen LogP contribution in [0, 0.1) is 6.92 Å². The lowest BCUT2D eigenvalue weighted by molar-refractivity contribution is 0.360. The van der Waals surface area contributed by atoms with Crippen LogP contribution in [0.3, 0.4) is 0 Å². The Morgan fingerprint density at radius 1 is 1.15 bits per heavy atom. The molecule has 0 unspecified atom stereocenters. The van der Waals surface area contributed by atoms with Crippen molar-refractivity contribution < 1.29 is 4.52 Å². The molecule has 3 rings (SSSR count). The van der Waals surface area contributed by atoms with E-state index in [0.717, 1.165) is 11.3 Å². The maximum absolute atomic E-state index is 11.8. The van der Waals surface area contributed by atoms with Crippen molar-refractivity contribution in [2.45, 2.75) is 13.5 Å². The van der Waals surface area contributed by atoms with E-state index in [1.54, 1.807) is 13.0 Å². The summed E-state index contributed by atoms with van der Waals surface area (Å²) in [5, 5.41) is 8.02. The molecule has 0 saturated heterocycles. The highest BCUT2D eigenvalue weighted by Gasteiger charge is 2.08. The topological polar surface area (TPSA) is 73.8 Å². The third-order valence-electron chi connectivity index (χ3n) is 2.79. The van der Waals surface area contributed by atoms with Gasteiger partial charge in [-0.1, -0.05) is 35.5 Å². The largest absolute Gasteiger partial charge is 0.337 e. The molecule has 0 bridgehead atoms. The van der Waals surface area contributed by atoms with Gasteiger partial charge in [0.25, 0.3) is 5.56 Å². The molecule has 6 heteroatoms. The van der Waals surface area contributed by atoms with Crippen LogP contribution in [-0.4, -0.2) is 19.9 Å². The summed E-state index contributed by atoms with van der Waals surface area (Å²) < 4.78 is 6.32. The van der Waals surface area contributed by atoms with Crippen molar-refractivity contribution in [3.63, 3.8) is 0 Å². The number of rotatable bonds is 3. The van der Waals surface area contributed by atoms with Crippen LogP contribution in [0.2, 0.25) is 0 Å². The van der Waals surface area contributed by atoms with Gasteiger partial charge in [-0.25, -0.2) is 4.68 Å². The van der Waals surface area contributed by atoms with Crippen molar-refractivity contribution in [1.29, 1.82) is 0 Å². The summed E-state index contributed by atoms with van der Waals surface area (Å²) in [5.74, 6) is 0.898. The molecule has 1 aromatic carbocycles. The number of aromatic nitrogens is 4. The fraction of sp³-hybridized carbons (Fsp3) is 0.143. The highest BCUT2D eigenvalue weighted by atomic mass is 16.5. The number of hydrogen-bond donors (Lipinski definition) is 0. The molecule has 0 spiro atoms. The summed E-state index contributed by atoms with van der Waals surface area (Å²) >= 11 is 0. The summed E-state index contributed by atoms with van der Waals surface area (Å²) in [6.45, 7) is 1.89. The van der Waals surface area contributed by atoms with Crippen molar-refractivity contribution in [3.05, 3.63) is 64.5 Å². The first-order chi connectivity index (χ1) is 9.72. The lowest BCUT2D eigenvalue weighted by Crippen LogP contribution is -2.23. The average molecular weight is 268 g/mol. The Morgan fingerprint density at radius 2 is 1.95 bits per heavy atom. The molecule has 0 N–H and O–H groups in total. The molecule has 2 heterocycles. The summed E-state index contributed by atoms with van der Waals surface area (Å²) in [5.41, 5.74) is 1.46. The lowest BCUT2D eigenvalue weighted by atomic mass is 10.1. The Kier molecular flexibility index (Phi) is 3.12. The minimum Gasteiger partial charge on any atom is -0.337 e. The fourth-order valence-corrected chi connectivity index (χ4v) is 1.86. The number of nitrogens with zero attached hydrogens (tertiary/aromatic N) is 4. The number of hydrogen-bond acceptors (Lipinski definition) is 5. The van der Waals surface area contributed by atoms with E-state index in [-0.39, 0.29) is 12.1 Å². The molecule has 0 amide bonds. The second-order valence-electron chi connectivity index (χ2n) is 4.32. The van der Waals surface area contributed by atoms with Crippen molar-refractivity contribution in [2.24, 2.45) is 0 Å². The Balaban J connectivity index is 1.97. The zero-order valence-electron chi connectivity index (χ0n) is 10.9. The Labute approximate surface area is 114 Å². The van der Waals surface area contributed by atoms with E-state index < -0.39 is 0 Å². The highest BCUT2D eigenvalue weighted by Crippen LogP contribution is 2.14. The highest BCUT2D eigenvalue weighted by molar-refractivity contribution is 5.57. The van der Waals surface area contributed by atoms with Crippen molar-refractivity contribution in [2.75, 3.05) is 0 Å². The van der Waals surface area contributed by atoms with Crippen LogP contribution in [0.1, 0.15) is 11.7 Å². The van der Waals surface area contributed by atoms with Crippen LogP contribution in [-0.2, 0) is 6.54 Å². The molecule has 0 fully saturated rings. The molecule has 0 saturated carbocycles. The van der Waals surface area contributed by atoms with Gasteiger partial charge in [0.05, 0.1) is 5.69 Å². The van der Waals surface area contributed by atoms with Crippen LogP contribution < -0.4 is 5.56 Å². The lowest BCUT2D eigenvalue weighted by Gasteiger charge is -2.04. The quantitative estimate of drug-likeness (QED) is 0.722. The molecule has 0 radical (unpaired) electrons. The summed E-state index contributed by atoms with van der Waals surface area (Å²) in [6.07, 6.45) is 0. The average Bonchev–Trinajstić information content (AvgIpc) is 2.88. The Hall–Kier alpha value is -2.76. The van der Waals surface area contributed by atoms with E-state index in [2.05, 4.69) is 15.2 Å². The number of benzene rings is 1. The molecule has 6 nitrogen and oxygen atoms in total. The van der Waals surface area contributed by atoms with Crippen molar-refractivity contribution in [3.8, 4) is 11.3 Å². The van der Waals surface area contributed by atoms with E-state index in [0.29, 0.717) is 11.7 Å². The third-order valence-corrected chi connectivity index (χ3v) is 2.79. The zero-order valence-corrected chi connectivity index (χ0v) is 10.9. The molecule has 0 aliphatic heterocycles. The second kappa shape index (κ2) is 5.08. The standard InChI is InChI=1S/C14H12N4O2/c1-10-15-13(20-17-10)9-18-14(19)8-7-12(16-18)11-5-3-2-4-6-11/h2-8H,9H2,1H3. The van der Waals surface area contributed by atoms with Gasteiger partial charge < -0.3 is 4.52 Å². The first kappa shape index (κ1) is 12.3. The van der Waals surface area contributed by atoms with Crippen LogP contribution in [0.4, 0.5) is 0 Å². The van der Waals surface area contributed by atoms with Gasteiger partial charge in [-0.3, -0.25) is 4.79 Å². The van der Waals surface area contributed by atoms with Crippen LogP contribution in [0.25, 0.3) is 11.3 Å². The summed E-state index contributed by atoms with van der Waals surface area (Å²) in [7, 11) is 0. The van der Waals surface area contributed by atoms with Crippen LogP contribution in [0.15, 0.2) is 51.8 Å². The van der Waals surface area contributed by atoms with E-state index in [1.807, 2.05) is 30.3 Å². The van der Waals surface area contributed by atoms with Crippen molar-refractivity contribution in [1.82, 2.24) is 19.9 Å². The Morgan fingerprint density at radius 3 is 2.65 bits per heavy atom. The van der Waals surface area contributed by atoms with Crippen LogP contribution in [0.5, 0.6) is 0 Å². The molecule has 2 aromatic heterocycles. The zero-order chi connectivity index (χ0) is 13.9. The van der Waals surface area contributed by atoms with Gasteiger partial charge in [-0.2, -0.15) is 10.1 Å². The predicted octanol–water partition coefficient (Wildman–Crippen LogP) is 1.65. The molecule has 0 aliphatic rings. The van der Waals surface area contributed by atoms with E-state index in [1.165, 1.54) is 10.7 Å². The SMILES string of the molecule is Cc1noc(Cn2nc(-c3ccccc3)ccc2=O)n1. The first-order valence-corrected chi connectivity index (χ1v) is 6.15. The Bertz CT molecular complexity index is 777. The van der Waals surface area contributed by atoms with Crippen molar-refractivity contribution >= 4 is 0 Å². The molecular weight excluding hydrogens is 256 g/mol. The minimum absolute atomic E-state index is 0.167. The van der Waals surface area contributed by atoms with Gasteiger partial charge >= 0.3 is 0 Å². The van der Waals surface area contributed by atoms with Gasteiger partial charge in [0.2, 0.25) is 5.89 Å². The van der Waals surface area contributed by atoms with E-state index in [4.69, 9.17) is 4.52 Å². The monoisotopic (exact) mass is 268 g/mol. The smallest absolute Gasteiger partial charge is 0.267 e. The third kappa shape index (κ3) is 2.49. The minimum atomic E-state index is -0.208. The normalized spacial score (nSPS) is 10.7. The van der Waals surface area contributed by atoms with Gasteiger partial charge in [0.1, 0.15) is 6.54 Å². The fourth-order valence-electron chi connectivity index (χ4n) is 1.86. The summed E-state index contributed by atoms with van der Waals surface area (Å²) in [6, 6.07) is 12.8. The second-order valence-corrected chi connectivity index (χ2v) is 4.32. The van der Waals surface area contributed by atoms with Gasteiger partial charge in [-0.15, -0.1) is 0 Å². The van der Waals surface area contributed by atoms with Gasteiger partial charge in [0.15, 0.2) is 5.82 Å². The first-order valence-electron chi connectivity index (χ1n) is 6.15. The molecule has 20 heavy (non-hydrogen) atoms. The molecular formula is C14H12N4O2. The maximum Gasteiger partial charge on any atom is 0.267 e. The molecule has 100 valence electrons. The maximum atomic E-state index is 11.8. The summed E-state index contributed by atoms with van der Waals surface area (Å²) in [4.78, 5) is 15.9. The van der Waals surface area contributed by atoms with E-state index >= 15 is 0 Å².